The van der Waals surface area contributed by atoms with Crippen LogP contribution in [0.15, 0.2) is 23.1 Å². The summed E-state index contributed by atoms with van der Waals surface area (Å²) in [5, 5.41) is 12.3. The number of nitrogens with one attached hydrogen (secondary N) is 1. The fourth-order valence-corrected chi connectivity index (χ4v) is 3.33. The molecule has 104 valence electrons. The van der Waals surface area contributed by atoms with Gasteiger partial charge in [-0.15, -0.1) is 11.8 Å². The summed E-state index contributed by atoms with van der Waals surface area (Å²) < 4.78 is 25.9. The number of hydrogen-bond donors (Lipinski definition) is 2. The summed E-state index contributed by atoms with van der Waals surface area (Å²) in [6.45, 7) is 0. The minimum atomic E-state index is -0.991. The summed E-state index contributed by atoms with van der Waals surface area (Å²) in [5.74, 6) is -2.32. The predicted octanol–water partition coefficient (Wildman–Crippen LogP) is 2.51. The molecule has 2 rings (SSSR count). The Hall–Kier alpha value is -1.14. The third-order valence-corrected chi connectivity index (χ3v) is 4.65. The highest BCUT2D eigenvalue weighted by molar-refractivity contribution is 7.99. The van der Waals surface area contributed by atoms with Crippen LogP contribution in [0, 0.1) is 17.6 Å². The first-order valence-corrected chi connectivity index (χ1v) is 6.98. The molecule has 1 atom stereocenters. The van der Waals surface area contributed by atoms with Gasteiger partial charge in [-0.3, -0.25) is 4.79 Å². The molecule has 3 nitrogen and oxygen atoms in total. The van der Waals surface area contributed by atoms with Gasteiger partial charge in [-0.2, -0.15) is 0 Å². The molecule has 0 amide bonds. The molecule has 1 aromatic rings. The Labute approximate surface area is 114 Å². The molecule has 1 unspecified atom stereocenters. The second kappa shape index (κ2) is 5.46. The van der Waals surface area contributed by atoms with Crippen LogP contribution in [0.3, 0.4) is 0 Å². The molecule has 1 aliphatic rings. The van der Waals surface area contributed by atoms with Gasteiger partial charge in [0.15, 0.2) is 11.6 Å². The Kier molecular flexibility index (Phi) is 4.10. The highest BCUT2D eigenvalue weighted by Gasteiger charge is 2.50. The smallest absolute Gasteiger partial charge is 0.325 e. The average molecular weight is 287 g/mol. The number of carbonyl (C=O) groups is 1. The number of carboxylic acids is 1. The fraction of sp³-hybridized carbons (Fsp3) is 0.462. The maximum atomic E-state index is 13.1. The van der Waals surface area contributed by atoms with Crippen molar-refractivity contribution in [1.82, 2.24) is 5.32 Å². The van der Waals surface area contributed by atoms with Gasteiger partial charge in [0.2, 0.25) is 0 Å². The fourth-order valence-electron chi connectivity index (χ4n) is 2.08. The van der Waals surface area contributed by atoms with Crippen LogP contribution in [0.2, 0.25) is 0 Å². The van der Waals surface area contributed by atoms with Crippen molar-refractivity contribution in [3.8, 4) is 0 Å². The molecule has 1 saturated carbocycles. The van der Waals surface area contributed by atoms with E-state index >= 15 is 0 Å². The highest BCUT2D eigenvalue weighted by Crippen LogP contribution is 2.42. The van der Waals surface area contributed by atoms with Crippen LogP contribution >= 0.6 is 11.8 Å². The summed E-state index contributed by atoms with van der Waals surface area (Å²) in [5.41, 5.74) is -0.991. The Bertz CT molecular complexity index is 494. The minimum Gasteiger partial charge on any atom is -0.480 e. The van der Waals surface area contributed by atoms with E-state index in [1.54, 1.807) is 7.05 Å². The lowest BCUT2D eigenvalue weighted by molar-refractivity contribution is -0.144. The Morgan fingerprint density at radius 3 is 2.63 bits per heavy atom. The van der Waals surface area contributed by atoms with E-state index in [9.17, 15) is 18.7 Å². The SMILES string of the molecule is CNC(CSc1ccc(F)c(F)c1)(C(=O)O)C1CC1. The molecule has 0 radical (unpaired) electrons. The van der Waals surface area contributed by atoms with Crippen molar-refractivity contribution >= 4 is 17.7 Å². The van der Waals surface area contributed by atoms with E-state index in [1.165, 1.54) is 17.8 Å². The first-order chi connectivity index (χ1) is 8.99. The molecule has 6 heteroatoms. The van der Waals surface area contributed by atoms with Gasteiger partial charge in [0.25, 0.3) is 0 Å². The number of carboxylic acid groups (broad SMARTS) is 1. The van der Waals surface area contributed by atoms with E-state index in [4.69, 9.17) is 0 Å². The van der Waals surface area contributed by atoms with Crippen molar-refractivity contribution < 1.29 is 18.7 Å². The van der Waals surface area contributed by atoms with E-state index in [0.717, 1.165) is 25.0 Å². The van der Waals surface area contributed by atoms with Crippen molar-refractivity contribution in [2.24, 2.45) is 5.92 Å². The first-order valence-electron chi connectivity index (χ1n) is 6.00. The van der Waals surface area contributed by atoms with E-state index in [0.29, 0.717) is 4.90 Å². The Balaban J connectivity index is 2.10. The zero-order chi connectivity index (χ0) is 14.0. The van der Waals surface area contributed by atoms with Gasteiger partial charge in [0.05, 0.1) is 0 Å². The molecule has 0 aliphatic heterocycles. The summed E-state index contributed by atoms with van der Waals surface area (Å²) in [7, 11) is 1.62. The molecule has 1 aromatic carbocycles. The number of hydrogen-bond acceptors (Lipinski definition) is 3. The highest BCUT2D eigenvalue weighted by atomic mass is 32.2. The van der Waals surface area contributed by atoms with Crippen LogP contribution < -0.4 is 5.32 Å². The number of rotatable bonds is 6. The molecule has 0 spiro atoms. The van der Waals surface area contributed by atoms with E-state index in [1.807, 2.05) is 0 Å². The third-order valence-electron chi connectivity index (χ3n) is 3.46. The number of thioether (sulfide) groups is 1. The summed E-state index contributed by atoms with van der Waals surface area (Å²) >= 11 is 1.22. The molecular weight excluding hydrogens is 272 g/mol. The Morgan fingerprint density at radius 1 is 1.47 bits per heavy atom. The van der Waals surface area contributed by atoms with Gasteiger partial charge < -0.3 is 10.4 Å². The molecule has 0 aromatic heterocycles. The lowest BCUT2D eigenvalue weighted by atomic mass is 9.96. The molecule has 2 N–H and O–H groups in total. The predicted molar refractivity (Wildman–Crippen MR) is 69.2 cm³/mol. The molecular formula is C13H15F2NO2S. The van der Waals surface area contributed by atoms with E-state index < -0.39 is 23.1 Å². The normalized spacial score (nSPS) is 18.1. The van der Waals surface area contributed by atoms with Crippen LogP contribution in [0.4, 0.5) is 8.78 Å². The number of benzene rings is 1. The van der Waals surface area contributed by atoms with Crippen LogP contribution in [0.25, 0.3) is 0 Å². The van der Waals surface area contributed by atoms with Gasteiger partial charge in [-0.1, -0.05) is 0 Å². The van der Waals surface area contributed by atoms with Crippen molar-refractivity contribution in [2.45, 2.75) is 23.3 Å². The summed E-state index contributed by atoms with van der Waals surface area (Å²) in [4.78, 5) is 12.0. The molecule has 0 bridgehead atoms. The first kappa shape index (κ1) is 14.3. The molecule has 0 heterocycles. The number of likely N-dealkylation sites (N-methyl/N-ethyl adjacent to an activating group) is 1. The van der Waals surface area contributed by atoms with E-state index in [-0.39, 0.29) is 11.7 Å². The summed E-state index contributed by atoms with van der Waals surface area (Å²) in [6.07, 6.45) is 1.76. The largest absolute Gasteiger partial charge is 0.480 e. The molecule has 1 fully saturated rings. The second-order valence-corrected chi connectivity index (χ2v) is 5.71. The van der Waals surface area contributed by atoms with Crippen molar-refractivity contribution in [3.63, 3.8) is 0 Å². The van der Waals surface area contributed by atoms with Crippen molar-refractivity contribution in [2.75, 3.05) is 12.8 Å². The quantitative estimate of drug-likeness (QED) is 0.789. The van der Waals surface area contributed by atoms with Crippen LogP contribution in [0.5, 0.6) is 0 Å². The zero-order valence-corrected chi connectivity index (χ0v) is 11.3. The van der Waals surface area contributed by atoms with Gasteiger partial charge in [-0.25, -0.2) is 8.78 Å². The average Bonchev–Trinajstić information content (AvgIpc) is 3.19. The molecule has 0 saturated heterocycles. The maximum absolute atomic E-state index is 13.1. The van der Waals surface area contributed by atoms with Crippen LogP contribution in [0.1, 0.15) is 12.8 Å². The van der Waals surface area contributed by atoms with Gasteiger partial charge in [0.1, 0.15) is 5.54 Å². The lowest BCUT2D eigenvalue weighted by Crippen LogP contribution is -2.54. The number of aliphatic carboxylic acids is 1. The van der Waals surface area contributed by atoms with Crippen molar-refractivity contribution in [1.29, 1.82) is 0 Å². The van der Waals surface area contributed by atoms with E-state index in [2.05, 4.69) is 5.32 Å². The summed E-state index contributed by atoms with van der Waals surface area (Å²) in [6, 6.07) is 3.60. The topological polar surface area (TPSA) is 49.3 Å². The van der Waals surface area contributed by atoms with Gasteiger partial charge in [-0.05, 0) is 44.0 Å². The zero-order valence-electron chi connectivity index (χ0n) is 10.5. The molecule has 1 aliphatic carbocycles. The number of halogens is 2. The van der Waals surface area contributed by atoms with Crippen LogP contribution in [-0.2, 0) is 4.79 Å². The van der Waals surface area contributed by atoms with Gasteiger partial charge in [0, 0.05) is 10.6 Å². The standard InChI is InChI=1S/C13H15F2NO2S/c1-16-13(12(17)18,8-2-3-8)7-19-9-4-5-10(14)11(15)6-9/h4-6,8,16H,2-3,7H2,1H3,(H,17,18). The second-order valence-electron chi connectivity index (χ2n) is 4.67. The monoisotopic (exact) mass is 287 g/mol. The van der Waals surface area contributed by atoms with Crippen molar-refractivity contribution in [3.05, 3.63) is 29.8 Å². The van der Waals surface area contributed by atoms with Crippen LogP contribution in [-0.4, -0.2) is 29.4 Å². The lowest BCUT2D eigenvalue weighted by Gasteiger charge is -2.28. The third kappa shape index (κ3) is 2.90. The minimum absolute atomic E-state index is 0.104. The Morgan fingerprint density at radius 2 is 2.16 bits per heavy atom. The molecule has 19 heavy (non-hydrogen) atoms. The maximum Gasteiger partial charge on any atom is 0.325 e. The van der Waals surface area contributed by atoms with Gasteiger partial charge >= 0.3 is 5.97 Å².